The van der Waals surface area contributed by atoms with Crippen molar-refractivity contribution >= 4 is 11.6 Å². The standard InChI is InChI=1S/C10H12ClN3O2/c1-7-4-9(2-3-10(7)11)16-6-8(15)5-13-14-12/h2-4,8,15H,5-6H2,1H3/t8-/m1/s1. The summed E-state index contributed by atoms with van der Waals surface area (Å²) in [7, 11) is 0. The third kappa shape index (κ3) is 3.98. The van der Waals surface area contributed by atoms with Gasteiger partial charge in [-0.1, -0.05) is 16.7 Å². The minimum Gasteiger partial charge on any atom is -0.491 e. The van der Waals surface area contributed by atoms with Crippen LogP contribution in [-0.2, 0) is 0 Å². The second-order valence-electron chi connectivity index (χ2n) is 3.29. The Labute approximate surface area is 98.2 Å². The van der Waals surface area contributed by atoms with Crippen LogP contribution in [0.25, 0.3) is 10.4 Å². The van der Waals surface area contributed by atoms with E-state index in [2.05, 4.69) is 10.0 Å². The van der Waals surface area contributed by atoms with Crippen molar-refractivity contribution in [2.45, 2.75) is 13.0 Å². The maximum atomic E-state index is 9.35. The predicted molar refractivity (Wildman–Crippen MR) is 61.7 cm³/mol. The molecule has 16 heavy (non-hydrogen) atoms. The number of azide groups is 1. The fourth-order valence-corrected chi connectivity index (χ4v) is 1.20. The minimum absolute atomic E-state index is 0.00305. The Hall–Kier alpha value is -1.42. The first-order chi connectivity index (χ1) is 7.63. The molecule has 1 atom stereocenters. The van der Waals surface area contributed by atoms with Gasteiger partial charge in [0.05, 0.1) is 12.6 Å². The van der Waals surface area contributed by atoms with Crippen LogP contribution in [0.1, 0.15) is 5.56 Å². The molecule has 0 amide bonds. The van der Waals surface area contributed by atoms with Gasteiger partial charge in [-0.3, -0.25) is 0 Å². The Morgan fingerprint density at radius 1 is 1.62 bits per heavy atom. The molecule has 0 aliphatic carbocycles. The number of rotatable bonds is 5. The molecule has 5 nitrogen and oxygen atoms in total. The molecule has 0 fully saturated rings. The first kappa shape index (κ1) is 12.6. The van der Waals surface area contributed by atoms with E-state index in [4.69, 9.17) is 21.9 Å². The van der Waals surface area contributed by atoms with Gasteiger partial charge in [0.25, 0.3) is 0 Å². The smallest absolute Gasteiger partial charge is 0.119 e. The number of aryl methyl sites for hydroxylation is 1. The first-order valence-electron chi connectivity index (χ1n) is 4.71. The second kappa shape index (κ2) is 6.23. The molecular weight excluding hydrogens is 230 g/mol. The number of aliphatic hydroxyl groups excluding tert-OH is 1. The van der Waals surface area contributed by atoms with E-state index in [1.807, 2.05) is 6.92 Å². The van der Waals surface area contributed by atoms with Crippen molar-refractivity contribution in [3.63, 3.8) is 0 Å². The monoisotopic (exact) mass is 241 g/mol. The third-order valence-corrected chi connectivity index (χ3v) is 2.35. The average Bonchev–Trinajstić information content (AvgIpc) is 2.28. The van der Waals surface area contributed by atoms with Crippen molar-refractivity contribution in [1.29, 1.82) is 0 Å². The molecule has 1 aromatic rings. The van der Waals surface area contributed by atoms with Crippen LogP contribution in [0, 0.1) is 6.92 Å². The third-order valence-electron chi connectivity index (χ3n) is 1.93. The molecule has 0 aromatic heterocycles. The highest BCUT2D eigenvalue weighted by Gasteiger charge is 2.04. The van der Waals surface area contributed by atoms with Gasteiger partial charge in [0.2, 0.25) is 0 Å². The second-order valence-corrected chi connectivity index (χ2v) is 3.70. The molecule has 86 valence electrons. The Kier molecular flexibility index (Phi) is 4.92. The summed E-state index contributed by atoms with van der Waals surface area (Å²) in [6.45, 7) is 1.95. The lowest BCUT2D eigenvalue weighted by Crippen LogP contribution is -2.20. The van der Waals surface area contributed by atoms with Crippen molar-refractivity contribution in [1.82, 2.24) is 0 Å². The van der Waals surface area contributed by atoms with E-state index in [1.54, 1.807) is 18.2 Å². The van der Waals surface area contributed by atoms with Crippen molar-refractivity contribution in [3.8, 4) is 5.75 Å². The molecule has 6 heteroatoms. The van der Waals surface area contributed by atoms with Gasteiger partial charge >= 0.3 is 0 Å². The highest BCUT2D eigenvalue weighted by atomic mass is 35.5. The quantitative estimate of drug-likeness (QED) is 0.489. The molecule has 0 aliphatic heterocycles. The molecule has 1 rings (SSSR count). The summed E-state index contributed by atoms with van der Waals surface area (Å²) < 4.78 is 5.31. The van der Waals surface area contributed by atoms with E-state index in [1.165, 1.54) is 0 Å². The Morgan fingerprint density at radius 2 is 2.38 bits per heavy atom. The van der Waals surface area contributed by atoms with E-state index in [9.17, 15) is 5.11 Å². The number of hydrogen-bond acceptors (Lipinski definition) is 3. The summed E-state index contributed by atoms with van der Waals surface area (Å²) in [5.74, 6) is 0.627. The normalized spacial score (nSPS) is 11.7. The van der Waals surface area contributed by atoms with Gasteiger partial charge in [-0.05, 0) is 36.2 Å². The van der Waals surface area contributed by atoms with Crippen LogP contribution in [0.5, 0.6) is 5.75 Å². The van der Waals surface area contributed by atoms with Crippen LogP contribution in [0.3, 0.4) is 0 Å². The Bertz CT molecular complexity index is 405. The maximum Gasteiger partial charge on any atom is 0.119 e. The average molecular weight is 242 g/mol. The molecule has 0 aliphatic rings. The van der Waals surface area contributed by atoms with Crippen LogP contribution in [-0.4, -0.2) is 24.4 Å². The van der Waals surface area contributed by atoms with Gasteiger partial charge in [-0.25, -0.2) is 0 Å². The van der Waals surface area contributed by atoms with Gasteiger partial charge in [-0.2, -0.15) is 0 Å². The summed E-state index contributed by atoms with van der Waals surface area (Å²) in [6.07, 6.45) is -0.799. The van der Waals surface area contributed by atoms with E-state index in [-0.39, 0.29) is 13.2 Å². The summed E-state index contributed by atoms with van der Waals surface area (Å²) in [5.41, 5.74) is 8.97. The van der Waals surface area contributed by atoms with Crippen molar-refractivity contribution < 1.29 is 9.84 Å². The summed E-state index contributed by atoms with van der Waals surface area (Å²) in [4.78, 5) is 2.55. The fraction of sp³-hybridized carbons (Fsp3) is 0.400. The van der Waals surface area contributed by atoms with Crippen LogP contribution in [0.15, 0.2) is 23.3 Å². The lowest BCUT2D eigenvalue weighted by atomic mass is 10.2. The molecule has 0 saturated heterocycles. The minimum atomic E-state index is -0.799. The molecule has 0 bridgehead atoms. The van der Waals surface area contributed by atoms with Gasteiger partial charge in [0, 0.05) is 9.93 Å². The van der Waals surface area contributed by atoms with Crippen LogP contribution >= 0.6 is 11.6 Å². The van der Waals surface area contributed by atoms with E-state index >= 15 is 0 Å². The largest absolute Gasteiger partial charge is 0.491 e. The molecule has 0 radical (unpaired) electrons. The number of hydrogen-bond donors (Lipinski definition) is 1. The number of aliphatic hydroxyl groups is 1. The zero-order valence-electron chi connectivity index (χ0n) is 8.80. The fourth-order valence-electron chi connectivity index (χ4n) is 1.08. The molecule has 0 heterocycles. The number of benzene rings is 1. The van der Waals surface area contributed by atoms with Gasteiger partial charge < -0.3 is 9.84 Å². The molecule has 1 aromatic carbocycles. The maximum absolute atomic E-state index is 9.35. The Morgan fingerprint density at radius 3 is 3.00 bits per heavy atom. The molecule has 0 spiro atoms. The lowest BCUT2D eigenvalue weighted by molar-refractivity contribution is 0.114. The highest BCUT2D eigenvalue weighted by molar-refractivity contribution is 6.31. The molecule has 0 unspecified atom stereocenters. The topological polar surface area (TPSA) is 78.2 Å². The van der Waals surface area contributed by atoms with Crippen LogP contribution in [0.4, 0.5) is 0 Å². The SMILES string of the molecule is Cc1cc(OC[C@H](O)CN=[N+]=[N-])ccc1Cl. The number of halogens is 1. The molecular formula is C10H12ClN3O2. The van der Waals surface area contributed by atoms with Crippen molar-refractivity contribution in [2.75, 3.05) is 13.2 Å². The molecule has 1 N–H and O–H groups in total. The van der Waals surface area contributed by atoms with Crippen molar-refractivity contribution in [2.24, 2.45) is 5.11 Å². The predicted octanol–water partition coefficient (Wildman–Crippen LogP) is 2.70. The summed E-state index contributed by atoms with van der Waals surface area (Å²) >= 11 is 5.85. The number of nitrogens with zero attached hydrogens (tertiary/aromatic N) is 3. The zero-order chi connectivity index (χ0) is 12.0. The van der Waals surface area contributed by atoms with Gasteiger partial charge in [-0.15, -0.1) is 0 Å². The highest BCUT2D eigenvalue weighted by Crippen LogP contribution is 2.21. The van der Waals surface area contributed by atoms with E-state index in [0.29, 0.717) is 10.8 Å². The van der Waals surface area contributed by atoms with E-state index in [0.717, 1.165) is 5.56 Å². The lowest BCUT2D eigenvalue weighted by Gasteiger charge is -2.10. The first-order valence-corrected chi connectivity index (χ1v) is 5.09. The number of ether oxygens (including phenoxy) is 1. The van der Waals surface area contributed by atoms with Gasteiger partial charge in [0.1, 0.15) is 12.4 Å². The van der Waals surface area contributed by atoms with Crippen molar-refractivity contribution in [3.05, 3.63) is 39.2 Å². The summed E-state index contributed by atoms with van der Waals surface area (Å²) in [5, 5.41) is 13.3. The zero-order valence-corrected chi connectivity index (χ0v) is 9.55. The van der Waals surface area contributed by atoms with Gasteiger partial charge in [0.15, 0.2) is 0 Å². The van der Waals surface area contributed by atoms with Crippen LogP contribution < -0.4 is 4.74 Å². The van der Waals surface area contributed by atoms with Crippen LogP contribution in [0.2, 0.25) is 5.02 Å². The summed E-state index contributed by atoms with van der Waals surface area (Å²) in [6, 6.07) is 5.23. The Balaban J connectivity index is 2.48. The molecule has 0 saturated carbocycles. The van der Waals surface area contributed by atoms with E-state index < -0.39 is 6.10 Å².